The van der Waals surface area contributed by atoms with Crippen molar-refractivity contribution in [3.8, 4) is 6.07 Å². The number of benzene rings is 2. The number of carbonyl (C=O) groups excluding carboxylic acids is 1. The molecule has 0 amide bonds. The molecule has 0 aliphatic carbocycles. The Kier molecular flexibility index (Phi) is 5.51. The first kappa shape index (κ1) is 20.7. The molecule has 1 atom stereocenters. The highest BCUT2D eigenvalue weighted by atomic mass is 35.5. The fourth-order valence-corrected chi connectivity index (χ4v) is 4.81. The molecule has 2 N–H and O–H groups in total. The maximum absolute atomic E-state index is 13.2. The maximum atomic E-state index is 13.2. The van der Waals surface area contributed by atoms with Gasteiger partial charge in [-0.1, -0.05) is 54.1 Å². The summed E-state index contributed by atoms with van der Waals surface area (Å²) in [5, 5.41) is 10.5. The zero-order valence-electron chi connectivity index (χ0n) is 16.3. The Bertz CT molecular complexity index is 1430. The van der Waals surface area contributed by atoms with Gasteiger partial charge >= 0.3 is 5.97 Å². The molecule has 0 spiro atoms. The topological polar surface area (TPSA) is 98.1 Å². The molecule has 3 aromatic rings. The van der Waals surface area contributed by atoms with Crippen LogP contribution < -0.4 is 20.5 Å². The van der Waals surface area contributed by atoms with Crippen molar-refractivity contribution >= 4 is 46.4 Å². The van der Waals surface area contributed by atoms with Gasteiger partial charge in [-0.05, 0) is 29.3 Å². The fraction of sp³-hybridized carbons (Fsp3) is 0.0870. The van der Waals surface area contributed by atoms with Crippen LogP contribution in [-0.4, -0.2) is 17.6 Å². The zero-order chi connectivity index (χ0) is 22.1. The molecule has 4 rings (SSSR count). The van der Waals surface area contributed by atoms with E-state index in [1.54, 1.807) is 30.3 Å². The number of esters is 1. The molecule has 0 radical (unpaired) electrons. The highest BCUT2D eigenvalue weighted by Crippen LogP contribution is 2.36. The molecule has 2 aromatic carbocycles. The van der Waals surface area contributed by atoms with Gasteiger partial charge in [-0.25, -0.2) is 4.79 Å². The molecule has 1 aliphatic heterocycles. The maximum Gasteiger partial charge on any atom is 0.338 e. The zero-order valence-corrected chi connectivity index (χ0v) is 17.9. The van der Waals surface area contributed by atoms with E-state index in [4.69, 9.17) is 22.1 Å². The molecule has 154 valence electrons. The SMILES string of the molecule is COC(=O)C1=C(N)n2c(sc(=Cc3ccccc3)c2=O)=C(C#N)C1c1ccc(Cl)cc1. The van der Waals surface area contributed by atoms with Crippen LogP contribution in [0.5, 0.6) is 0 Å². The van der Waals surface area contributed by atoms with Gasteiger partial charge in [0, 0.05) is 5.02 Å². The summed E-state index contributed by atoms with van der Waals surface area (Å²) in [5.41, 5.74) is 7.70. The van der Waals surface area contributed by atoms with Crippen LogP contribution in [0.4, 0.5) is 0 Å². The number of nitrogens with two attached hydrogens (primary N) is 1. The van der Waals surface area contributed by atoms with Gasteiger partial charge < -0.3 is 10.5 Å². The average Bonchev–Trinajstić information content (AvgIpc) is 3.10. The van der Waals surface area contributed by atoms with Crippen molar-refractivity contribution in [2.45, 2.75) is 5.92 Å². The van der Waals surface area contributed by atoms with E-state index in [0.29, 0.717) is 19.8 Å². The molecular formula is C23H16ClN3O3S. The van der Waals surface area contributed by atoms with E-state index in [-0.39, 0.29) is 17.0 Å². The Balaban J connectivity index is 2.08. The van der Waals surface area contributed by atoms with Crippen LogP contribution in [-0.2, 0) is 9.53 Å². The number of carbonyl (C=O) groups is 1. The number of ether oxygens (including phenoxy) is 1. The third kappa shape index (κ3) is 3.56. The van der Waals surface area contributed by atoms with E-state index < -0.39 is 17.4 Å². The second kappa shape index (κ2) is 8.26. The molecule has 1 aliphatic rings. The third-order valence-electron chi connectivity index (χ3n) is 4.97. The van der Waals surface area contributed by atoms with Crippen LogP contribution in [0.15, 0.2) is 65.0 Å². The lowest BCUT2D eigenvalue weighted by Gasteiger charge is -2.24. The van der Waals surface area contributed by atoms with Gasteiger partial charge in [0.05, 0.1) is 34.8 Å². The lowest BCUT2D eigenvalue weighted by molar-refractivity contribution is -0.136. The third-order valence-corrected chi connectivity index (χ3v) is 6.33. The summed E-state index contributed by atoms with van der Waals surface area (Å²) in [4.78, 5) is 25.8. The normalized spacial score (nSPS) is 16.1. The minimum atomic E-state index is -0.780. The largest absolute Gasteiger partial charge is 0.466 e. The Labute approximate surface area is 186 Å². The first-order valence-corrected chi connectivity index (χ1v) is 10.4. The molecule has 31 heavy (non-hydrogen) atoms. The van der Waals surface area contributed by atoms with Crippen molar-refractivity contribution in [2.24, 2.45) is 5.73 Å². The average molecular weight is 450 g/mol. The van der Waals surface area contributed by atoms with E-state index in [9.17, 15) is 14.9 Å². The van der Waals surface area contributed by atoms with Crippen molar-refractivity contribution in [1.29, 1.82) is 5.26 Å². The van der Waals surface area contributed by atoms with Crippen LogP contribution in [0.1, 0.15) is 17.0 Å². The van der Waals surface area contributed by atoms with Crippen LogP contribution >= 0.6 is 22.9 Å². The number of aromatic nitrogens is 1. The number of rotatable bonds is 3. The molecule has 8 heteroatoms. The molecule has 0 fully saturated rings. The summed E-state index contributed by atoms with van der Waals surface area (Å²) in [6.45, 7) is 0. The van der Waals surface area contributed by atoms with Crippen molar-refractivity contribution in [2.75, 3.05) is 7.11 Å². The quantitative estimate of drug-likeness (QED) is 0.618. The number of hydrogen-bond acceptors (Lipinski definition) is 6. The van der Waals surface area contributed by atoms with Crippen molar-refractivity contribution in [3.05, 3.63) is 95.9 Å². The molecule has 6 nitrogen and oxygen atoms in total. The van der Waals surface area contributed by atoms with Gasteiger partial charge in [0.15, 0.2) is 0 Å². The summed E-state index contributed by atoms with van der Waals surface area (Å²) in [6, 6.07) is 18.3. The van der Waals surface area contributed by atoms with Crippen molar-refractivity contribution in [3.63, 3.8) is 0 Å². The van der Waals surface area contributed by atoms with E-state index in [0.717, 1.165) is 16.9 Å². The Morgan fingerprint density at radius 2 is 1.90 bits per heavy atom. The Hall–Kier alpha value is -3.60. The molecule has 2 heterocycles. The summed E-state index contributed by atoms with van der Waals surface area (Å²) in [5.74, 6) is -1.53. The van der Waals surface area contributed by atoms with E-state index in [1.807, 2.05) is 30.3 Å². The number of methoxy groups -OCH3 is 1. The lowest BCUT2D eigenvalue weighted by Crippen LogP contribution is -2.40. The summed E-state index contributed by atoms with van der Waals surface area (Å²) >= 11 is 7.17. The number of nitrogens with zero attached hydrogens (tertiary/aromatic N) is 2. The lowest BCUT2D eigenvalue weighted by atomic mass is 9.84. The summed E-state index contributed by atoms with van der Waals surface area (Å²) in [6.07, 6.45) is 1.73. The minimum absolute atomic E-state index is 0.0417. The monoisotopic (exact) mass is 449 g/mol. The predicted molar refractivity (Wildman–Crippen MR) is 120 cm³/mol. The van der Waals surface area contributed by atoms with Gasteiger partial charge in [-0.3, -0.25) is 9.36 Å². The number of hydrogen-bond donors (Lipinski definition) is 1. The predicted octanol–water partition coefficient (Wildman–Crippen LogP) is 2.16. The van der Waals surface area contributed by atoms with Gasteiger partial charge in [-0.15, -0.1) is 11.3 Å². The van der Waals surface area contributed by atoms with E-state index >= 15 is 0 Å². The van der Waals surface area contributed by atoms with Gasteiger partial charge in [0.1, 0.15) is 10.5 Å². The van der Waals surface area contributed by atoms with E-state index in [2.05, 4.69) is 6.07 Å². The van der Waals surface area contributed by atoms with Gasteiger partial charge in [0.25, 0.3) is 5.56 Å². The number of halogens is 1. The molecular weight excluding hydrogens is 434 g/mol. The summed E-state index contributed by atoms with van der Waals surface area (Å²) in [7, 11) is 1.23. The molecule has 1 unspecified atom stereocenters. The Morgan fingerprint density at radius 1 is 1.23 bits per heavy atom. The molecule has 0 bridgehead atoms. The molecule has 0 saturated heterocycles. The number of nitriles is 1. The van der Waals surface area contributed by atoms with Crippen LogP contribution in [0, 0.1) is 11.3 Å². The molecule has 0 saturated carbocycles. The minimum Gasteiger partial charge on any atom is -0.466 e. The van der Waals surface area contributed by atoms with Crippen molar-refractivity contribution < 1.29 is 9.53 Å². The van der Waals surface area contributed by atoms with Gasteiger partial charge in [-0.2, -0.15) is 5.26 Å². The van der Waals surface area contributed by atoms with Crippen molar-refractivity contribution in [1.82, 2.24) is 4.57 Å². The van der Waals surface area contributed by atoms with Crippen LogP contribution in [0.2, 0.25) is 5.02 Å². The van der Waals surface area contributed by atoms with Crippen LogP contribution in [0.25, 0.3) is 17.5 Å². The Morgan fingerprint density at radius 3 is 2.52 bits per heavy atom. The first-order valence-electron chi connectivity index (χ1n) is 9.23. The molecule has 1 aromatic heterocycles. The van der Waals surface area contributed by atoms with Gasteiger partial charge in [0.2, 0.25) is 0 Å². The highest BCUT2D eigenvalue weighted by molar-refractivity contribution is 7.07. The fourth-order valence-electron chi connectivity index (χ4n) is 3.55. The summed E-state index contributed by atoms with van der Waals surface area (Å²) < 4.78 is 6.95. The van der Waals surface area contributed by atoms with Crippen LogP contribution in [0.3, 0.4) is 0 Å². The standard InChI is InChI=1S/C23H16ClN3O3S/c1-30-23(29)19-18(14-7-9-15(24)10-8-14)16(12-25)22-27(20(19)26)21(28)17(31-22)11-13-5-3-2-4-6-13/h2-11,18H,26H2,1H3. The second-order valence-corrected chi connectivity index (χ2v) is 8.23. The highest BCUT2D eigenvalue weighted by Gasteiger charge is 2.36. The van der Waals surface area contributed by atoms with E-state index in [1.165, 1.54) is 11.7 Å². The second-order valence-electron chi connectivity index (χ2n) is 6.77. The first-order chi connectivity index (χ1) is 15.0. The number of thiazole rings is 1. The smallest absolute Gasteiger partial charge is 0.338 e. The number of fused-ring (bicyclic) bond motifs is 1.